The van der Waals surface area contributed by atoms with Gasteiger partial charge in [0.1, 0.15) is 6.17 Å². The Labute approximate surface area is 66.7 Å². The first-order chi connectivity index (χ1) is 5.20. The van der Waals surface area contributed by atoms with E-state index in [0.29, 0.717) is 6.42 Å². The Morgan fingerprint density at radius 3 is 2.73 bits per heavy atom. The molecule has 0 radical (unpaired) electrons. The molecule has 0 amide bonds. The summed E-state index contributed by atoms with van der Waals surface area (Å²) in [7, 11) is 1.27. The van der Waals surface area contributed by atoms with Gasteiger partial charge in [-0.2, -0.15) is 0 Å². The number of carbonyl (C=O) groups excluding carboxylic acids is 1. The van der Waals surface area contributed by atoms with Crippen molar-refractivity contribution in [3.8, 4) is 0 Å². The molecule has 0 aromatic rings. The van der Waals surface area contributed by atoms with Gasteiger partial charge in [0.15, 0.2) is 0 Å². The second-order valence-electron chi connectivity index (χ2n) is 2.52. The van der Waals surface area contributed by atoms with Crippen molar-refractivity contribution in [3.63, 3.8) is 0 Å². The predicted octanol–water partition coefficient (Wildman–Crippen LogP) is 2.08. The maximum Gasteiger partial charge on any atom is 0.308 e. The third-order valence-corrected chi connectivity index (χ3v) is 1.49. The summed E-state index contributed by atoms with van der Waals surface area (Å²) in [5, 5.41) is 0. The SMILES string of the molecule is CCCC[C@H](F)CC(=O)OC. The zero-order chi connectivity index (χ0) is 8.69. The van der Waals surface area contributed by atoms with E-state index < -0.39 is 12.1 Å². The molecular formula is C8H15FO2. The monoisotopic (exact) mass is 162 g/mol. The lowest BCUT2D eigenvalue weighted by Crippen LogP contribution is -2.10. The second-order valence-corrected chi connectivity index (χ2v) is 2.52. The van der Waals surface area contributed by atoms with Gasteiger partial charge in [-0.15, -0.1) is 0 Å². The fraction of sp³-hybridized carbons (Fsp3) is 0.875. The number of carbonyl (C=O) groups is 1. The largest absolute Gasteiger partial charge is 0.469 e. The highest BCUT2D eigenvalue weighted by molar-refractivity contribution is 5.69. The molecule has 0 spiro atoms. The lowest BCUT2D eigenvalue weighted by Gasteiger charge is -2.04. The molecule has 0 aliphatic heterocycles. The van der Waals surface area contributed by atoms with E-state index in [2.05, 4.69) is 4.74 Å². The van der Waals surface area contributed by atoms with Crippen LogP contribution in [0.2, 0.25) is 0 Å². The molecule has 3 heteroatoms. The molecule has 0 heterocycles. The Balaban J connectivity index is 3.35. The Morgan fingerprint density at radius 1 is 1.64 bits per heavy atom. The average Bonchev–Trinajstić information content (AvgIpc) is 2.00. The van der Waals surface area contributed by atoms with E-state index in [1.165, 1.54) is 7.11 Å². The van der Waals surface area contributed by atoms with Gasteiger partial charge in [-0.3, -0.25) is 4.79 Å². The number of hydrogen-bond acceptors (Lipinski definition) is 2. The molecule has 0 bridgehead atoms. The van der Waals surface area contributed by atoms with E-state index in [1.54, 1.807) is 0 Å². The van der Waals surface area contributed by atoms with E-state index >= 15 is 0 Å². The van der Waals surface area contributed by atoms with Crippen LogP contribution in [0.1, 0.15) is 32.6 Å². The fourth-order valence-corrected chi connectivity index (χ4v) is 0.792. The average molecular weight is 162 g/mol. The molecular weight excluding hydrogens is 147 g/mol. The molecule has 0 saturated heterocycles. The molecule has 0 aromatic carbocycles. The van der Waals surface area contributed by atoms with Crippen molar-refractivity contribution in [3.05, 3.63) is 0 Å². The van der Waals surface area contributed by atoms with Crippen LogP contribution >= 0.6 is 0 Å². The first kappa shape index (κ1) is 10.4. The standard InChI is InChI=1S/C8H15FO2/c1-3-4-5-7(9)6-8(10)11-2/h7H,3-6H2,1-2H3/t7-/m0/s1. The number of alkyl halides is 1. The van der Waals surface area contributed by atoms with E-state index in [1.807, 2.05) is 6.92 Å². The van der Waals surface area contributed by atoms with Crippen LogP contribution in [0.15, 0.2) is 0 Å². The van der Waals surface area contributed by atoms with Crippen LogP contribution in [0, 0.1) is 0 Å². The molecule has 0 saturated carbocycles. The summed E-state index contributed by atoms with van der Waals surface area (Å²) < 4.78 is 17.0. The zero-order valence-electron chi connectivity index (χ0n) is 7.10. The second kappa shape index (κ2) is 6.13. The van der Waals surface area contributed by atoms with Gasteiger partial charge in [0, 0.05) is 0 Å². The topological polar surface area (TPSA) is 26.3 Å². The maximum atomic E-state index is 12.7. The molecule has 0 rings (SSSR count). The van der Waals surface area contributed by atoms with Gasteiger partial charge in [-0.05, 0) is 6.42 Å². The Kier molecular flexibility index (Phi) is 5.80. The molecule has 0 N–H and O–H groups in total. The maximum absolute atomic E-state index is 12.7. The number of unbranched alkanes of at least 4 members (excludes halogenated alkanes) is 1. The van der Waals surface area contributed by atoms with E-state index in [9.17, 15) is 9.18 Å². The van der Waals surface area contributed by atoms with Gasteiger partial charge < -0.3 is 4.74 Å². The molecule has 0 aromatic heterocycles. The third kappa shape index (κ3) is 5.83. The van der Waals surface area contributed by atoms with Crippen molar-refractivity contribution < 1.29 is 13.9 Å². The summed E-state index contributed by atoms with van der Waals surface area (Å²) in [4.78, 5) is 10.5. The minimum absolute atomic E-state index is 0.101. The summed E-state index contributed by atoms with van der Waals surface area (Å²) in [6.45, 7) is 1.99. The van der Waals surface area contributed by atoms with E-state index in [0.717, 1.165) is 12.8 Å². The normalized spacial score (nSPS) is 12.6. The van der Waals surface area contributed by atoms with E-state index in [-0.39, 0.29) is 6.42 Å². The molecule has 66 valence electrons. The van der Waals surface area contributed by atoms with Crippen molar-refractivity contribution in [2.24, 2.45) is 0 Å². The number of halogens is 1. The molecule has 0 aliphatic carbocycles. The smallest absolute Gasteiger partial charge is 0.308 e. The Hall–Kier alpha value is -0.600. The zero-order valence-corrected chi connectivity index (χ0v) is 7.10. The number of hydrogen-bond donors (Lipinski definition) is 0. The summed E-state index contributed by atoms with van der Waals surface area (Å²) in [6.07, 6.45) is 1.13. The summed E-state index contributed by atoms with van der Waals surface area (Å²) in [5.74, 6) is -0.464. The minimum atomic E-state index is -1.03. The quantitative estimate of drug-likeness (QED) is 0.578. The van der Waals surface area contributed by atoms with Crippen LogP contribution in [0.25, 0.3) is 0 Å². The van der Waals surface area contributed by atoms with Crippen LogP contribution in [-0.2, 0) is 9.53 Å². The van der Waals surface area contributed by atoms with E-state index in [4.69, 9.17) is 0 Å². The summed E-state index contributed by atoms with van der Waals surface area (Å²) >= 11 is 0. The highest BCUT2D eigenvalue weighted by Crippen LogP contribution is 2.08. The predicted molar refractivity (Wildman–Crippen MR) is 41.1 cm³/mol. The number of rotatable bonds is 5. The van der Waals surface area contributed by atoms with Crippen LogP contribution < -0.4 is 0 Å². The molecule has 0 unspecified atom stereocenters. The Morgan fingerprint density at radius 2 is 2.27 bits per heavy atom. The highest BCUT2D eigenvalue weighted by atomic mass is 19.1. The lowest BCUT2D eigenvalue weighted by molar-refractivity contribution is -0.141. The van der Waals surface area contributed by atoms with Crippen molar-refractivity contribution in [2.45, 2.75) is 38.8 Å². The van der Waals surface area contributed by atoms with Crippen LogP contribution in [-0.4, -0.2) is 19.3 Å². The van der Waals surface area contributed by atoms with Gasteiger partial charge in [0.2, 0.25) is 0 Å². The minimum Gasteiger partial charge on any atom is -0.469 e. The third-order valence-electron chi connectivity index (χ3n) is 1.49. The van der Waals surface area contributed by atoms with Crippen LogP contribution in [0.3, 0.4) is 0 Å². The van der Waals surface area contributed by atoms with Crippen molar-refractivity contribution in [1.82, 2.24) is 0 Å². The Bertz CT molecular complexity index is 115. The molecule has 2 nitrogen and oxygen atoms in total. The molecule has 11 heavy (non-hydrogen) atoms. The summed E-state index contributed by atoms with van der Waals surface area (Å²) in [6, 6.07) is 0. The van der Waals surface area contributed by atoms with Gasteiger partial charge in [-0.1, -0.05) is 19.8 Å². The summed E-state index contributed by atoms with van der Waals surface area (Å²) in [5.41, 5.74) is 0. The van der Waals surface area contributed by atoms with Crippen LogP contribution in [0.5, 0.6) is 0 Å². The first-order valence-electron chi connectivity index (χ1n) is 3.91. The van der Waals surface area contributed by atoms with Crippen molar-refractivity contribution in [1.29, 1.82) is 0 Å². The van der Waals surface area contributed by atoms with Crippen molar-refractivity contribution in [2.75, 3.05) is 7.11 Å². The van der Waals surface area contributed by atoms with Gasteiger partial charge >= 0.3 is 5.97 Å². The molecule has 1 atom stereocenters. The molecule has 0 aliphatic rings. The van der Waals surface area contributed by atoms with Crippen LogP contribution in [0.4, 0.5) is 4.39 Å². The number of ether oxygens (including phenoxy) is 1. The van der Waals surface area contributed by atoms with Gasteiger partial charge in [0.25, 0.3) is 0 Å². The number of esters is 1. The van der Waals surface area contributed by atoms with Gasteiger partial charge in [0.05, 0.1) is 13.5 Å². The van der Waals surface area contributed by atoms with Gasteiger partial charge in [-0.25, -0.2) is 4.39 Å². The molecule has 0 fully saturated rings. The first-order valence-corrected chi connectivity index (χ1v) is 3.91. The highest BCUT2D eigenvalue weighted by Gasteiger charge is 2.11. The lowest BCUT2D eigenvalue weighted by atomic mass is 10.1. The number of methoxy groups -OCH3 is 1. The fourth-order valence-electron chi connectivity index (χ4n) is 0.792. The van der Waals surface area contributed by atoms with Crippen molar-refractivity contribution >= 4 is 5.97 Å².